The molecule has 1 aliphatic rings. The third-order valence-electron chi connectivity index (χ3n) is 5.06. The molecular weight excluding hydrogens is 276 g/mol. The number of hydrogen-bond acceptors (Lipinski definition) is 3. The fourth-order valence-corrected chi connectivity index (χ4v) is 4.49. The van der Waals surface area contributed by atoms with Crippen LogP contribution < -0.4 is 5.32 Å². The maximum atomic E-state index is 3.43. The van der Waals surface area contributed by atoms with Gasteiger partial charge in [0.15, 0.2) is 0 Å². The van der Waals surface area contributed by atoms with Crippen LogP contribution in [0, 0.1) is 12.8 Å². The lowest BCUT2D eigenvalue weighted by Crippen LogP contribution is -2.34. The Hall–Kier alpha value is -0.380. The van der Waals surface area contributed by atoms with Crippen molar-refractivity contribution in [1.29, 1.82) is 0 Å². The van der Waals surface area contributed by atoms with Crippen LogP contribution in [0.25, 0.3) is 0 Å². The van der Waals surface area contributed by atoms with Crippen molar-refractivity contribution in [1.82, 2.24) is 10.2 Å². The fraction of sp³-hybridized carbons (Fsp3) is 0.778. The summed E-state index contributed by atoms with van der Waals surface area (Å²) in [5.74, 6) is 0.990. The highest BCUT2D eigenvalue weighted by Gasteiger charge is 2.23. The minimum Gasteiger partial charge on any atom is -0.312 e. The summed E-state index contributed by atoms with van der Waals surface area (Å²) in [6, 6.07) is 3.21. The maximum Gasteiger partial charge on any atom is 0.0299 e. The Balaban J connectivity index is 1.87. The Morgan fingerprint density at radius 1 is 1.24 bits per heavy atom. The largest absolute Gasteiger partial charge is 0.312 e. The van der Waals surface area contributed by atoms with Gasteiger partial charge in [0.2, 0.25) is 0 Å². The van der Waals surface area contributed by atoms with E-state index >= 15 is 0 Å². The summed E-state index contributed by atoms with van der Waals surface area (Å²) >= 11 is 1.96. The van der Waals surface area contributed by atoms with E-state index in [0.29, 0.717) is 0 Å². The Labute approximate surface area is 134 Å². The molecule has 0 atom stereocenters. The van der Waals surface area contributed by atoms with Crippen LogP contribution in [-0.2, 0) is 13.1 Å². The summed E-state index contributed by atoms with van der Waals surface area (Å²) in [7, 11) is 2.32. The van der Waals surface area contributed by atoms with Gasteiger partial charge in [0.05, 0.1) is 0 Å². The molecule has 0 aliphatic heterocycles. The van der Waals surface area contributed by atoms with Crippen molar-refractivity contribution in [3.05, 3.63) is 21.4 Å². The Bertz CT molecular complexity index is 419. The van der Waals surface area contributed by atoms with Gasteiger partial charge in [0.25, 0.3) is 0 Å². The van der Waals surface area contributed by atoms with Crippen LogP contribution in [0.3, 0.4) is 0 Å². The average molecular weight is 309 g/mol. The van der Waals surface area contributed by atoms with Gasteiger partial charge < -0.3 is 5.32 Å². The lowest BCUT2D eigenvalue weighted by atomic mass is 9.84. The van der Waals surface area contributed by atoms with Crippen molar-refractivity contribution in [2.24, 2.45) is 5.92 Å². The Morgan fingerprint density at radius 3 is 2.57 bits per heavy atom. The van der Waals surface area contributed by atoms with Crippen molar-refractivity contribution >= 4 is 11.3 Å². The van der Waals surface area contributed by atoms with Gasteiger partial charge in [-0.1, -0.05) is 20.3 Å². The molecule has 0 unspecified atom stereocenters. The van der Waals surface area contributed by atoms with Crippen LogP contribution in [0.2, 0.25) is 0 Å². The summed E-state index contributed by atoms with van der Waals surface area (Å²) < 4.78 is 0. The van der Waals surface area contributed by atoms with Crippen molar-refractivity contribution in [2.45, 2.75) is 72.0 Å². The summed E-state index contributed by atoms with van der Waals surface area (Å²) in [5.41, 5.74) is 1.54. The summed E-state index contributed by atoms with van der Waals surface area (Å²) in [6.07, 6.45) is 7.01. The zero-order valence-electron chi connectivity index (χ0n) is 14.2. The molecule has 0 radical (unpaired) electrons. The van der Waals surface area contributed by atoms with Gasteiger partial charge in [-0.05, 0) is 63.7 Å². The van der Waals surface area contributed by atoms with Crippen LogP contribution in [0.15, 0.2) is 6.07 Å². The van der Waals surface area contributed by atoms with Gasteiger partial charge in [0.1, 0.15) is 0 Å². The number of thiophene rings is 1. The van der Waals surface area contributed by atoms with Gasteiger partial charge in [0, 0.05) is 28.9 Å². The predicted molar refractivity (Wildman–Crippen MR) is 93.9 cm³/mol. The first-order valence-electron chi connectivity index (χ1n) is 8.63. The molecule has 0 aromatic carbocycles. The van der Waals surface area contributed by atoms with E-state index in [-0.39, 0.29) is 0 Å². The van der Waals surface area contributed by atoms with Crippen LogP contribution in [0.4, 0.5) is 0 Å². The maximum absolute atomic E-state index is 3.43. The second-order valence-corrected chi connectivity index (χ2v) is 7.91. The van der Waals surface area contributed by atoms with Gasteiger partial charge in [-0.25, -0.2) is 0 Å². The van der Waals surface area contributed by atoms with Crippen molar-refractivity contribution in [3.63, 3.8) is 0 Å². The monoisotopic (exact) mass is 308 g/mol. The molecule has 1 heterocycles. The third kappa shape index (κ3) is 4.80. The van der Waals surface area contributed by atoms with Crippen molar-refractivity contribution in [2.75, 3.05) is 13.6 Å². The number of nitrogens with zero attached hydrogens (tertiary/aromatic N) is 1. The summed E-state index contributed by atoms with van der Waals surface area (Å²) in [6.45, 7) is 9.98. The molecule has 2 nitrogen and oxygen atoms in total. The zero-order chi connectivity index (χ0) is 15.2. The lowest BCUT2D eigenvalue weighted by molar-refractivity contribution is 0.157. The molecule has 3 heteroatoms. The molecule has 1 fully saturated rings. The van der Waals surface area contributed by atoms with E-state index in [9.17, 15) is 0 Å². The van der Waals surface area contributed by atoms with Gasteiger partial charge in [-0.2, -0.15) is 0 Å². The van der Waals surface area contributed by atoms with Gasteiger partial charge in [-0.15, -0.1) is 11.3 Å². The Kier molecular flexibility index (Phi) is 6.72. The van der Waals surface area contributed by atoms with Gasteiger partial charge in [-0.3, -0.25) is 4.90 Å². The third-order valence-corrected chi connectivity index (χ3v) is 6.15. The van der Waals surface area contributed by atoms with E-state index in [1.54, 1.807) is 0 Å². The second kappa shape index (κ2) is 8.30. The highest BCUT2D eigenvalue weighted by molar-refractivity contribution is 7.12. The standard InChI is InChI=1S/C18H32N2S/c1-5-15-7-9-17(10-8-15)20(4)13-16-11-18(12-19-6-2)21-14(16)3/h11,15,17,19H,5-10,12-13H2,1-4H3. The smallest absolute Gasteiger partial charge is 0.0299 e. The molecule has 1 aromatic heterocycles. The van der Waals surface area contributed by atoms with Crippen LogP contribution in [0.1, 0.15) is 61.3 Å². The molecule has 0 amide bonds. The minimum atomic E-state index is 0.796. The van der Waals surface area contributed by atoms with Crippen LogP contribution in [-0.4, -0.2) is 24.5 Å². The molecule has 120 valence electrons. The highest BCUT2D eigenvalue weighted by atomic mass is 32.1. The molecule has 0 bridgehead atoms. The minimum absolute atomic E-state index is 0.796. The lowest BCUT2D eigenvalue weighted by Gasteiger charge is -2.34. The topological polar surface area (TPSA) is 15.3 Å². The van der Waals surface area contributed by atoms with Gasteiger partial charge >= 0.3 is 0 Å². The average Bonchev–Trinajstić information content (AvgIpc) is 2.85. The quantitative estimate of drug-likeness (QED) is 0.794. The van der Waals surface area contributed by atoms with E-state index < -0.39 is 0 Å². The molecule has 1 aliphatic carbocycles. The predicted octanol–water partition coefficient (Wildman–Crippen LogP) is 4.57. The van der Waals surface area contributed by atoms with E-state index in [1.165, 1.54) is 47.4 Å². The molecule has 0 spiro atoms. The van der Waals surface area contributed by atoms with E-state index in [1.807, 2.05) is 11.3 Å². The van der Waals surface area contributed by atoms with Crippen molar-refractivity contribution in [3.8, 4) is 0 Å². The summed E-state index contributed by atoms with van der Waals surface area (Å²) in [4.78, 5) is 5.57. The molecule has 21 heavy (non-hydrogen) atoms. The first kappa shape index (κ1) is 17.0. The number of aryl methyl sites for hydroxylation is 1. The zero-order valence-corrected chi connectivity index (χ0v) is 15.1. The number of rotatable bonds is 7. The molecule has 1 saturated carbocycles. The summed E-state index contributed by atoms with van der Waals surface area (Å²) in [5, 5.41) is 3.43. The van der Waals surface area contributed by atoms with E-state index in [4.69, 9.17) is 0 Å². The molecule has 0 saturated heterocycles. The van der Waals surface area contributed by atoms with Crippen LogP contribution >= 0.6 is 11.3 Å². The van der Waals surface area contributed by atoms with Crippen LogP contribution in [0.5, 0.6) is 0 Å². The second-order valence-electron chi connectivity index (χ2n) is 6.57. The molecular formula is C18H32N2S. The molecule has 1 aromatic rings. The number of hydrogen-bond donors (Lipinski definition) is 1. The fourth-order valence-electron chi connectivity index (χ4n) is 3.47. The first-order valence-corrected chi connectivity index (χ1v) is 9.44. The SMILES string of the molecule is CCNCc1cc(CN(C)C2CCC(CC)CC2)c(C)s1. The van der Waals surface area contributed by atoms with Crippen molar-refractivity contribution < 1.29 is 0 Å². The van der Waals surface area contributed by atoms with E-state index in [0.717, 1.165) is 31.6 Å². The highest BCUT2D eigenvalue weighted by Crippen LogP contribution is 2.30. The normalized spacial score (nSPS) is 22.9. The number of nitrogens with one attached hydrogen (secondary N) is 1. The van der Waals surface area contributed by atoms with E-state index in [2.05, 4.69) is 44.1 Å². The molecule has 1 N–H and O–H groups in total. The first-order chi connectivity index (χ1) is 10.1. The Morgan fingerprint density at radius 2 is 1.95 bits per heavy atom. The molecule has 2 rings (SSSR count).